The van der Waals surface area contributed by atoms with Gasteiger partial charge in [-0.1, -0.05) is 0 Å². The quantitative estimate of drug-likeness (QED) is 0.531. The molecule has 1 amide bonds. The third-order valence-electron chi connectivity index (χ3n) is 3.17. The third kappa shape index (κ3) is 6.95. The molecular weight excluding hydrogens is 399 g/mol. The van der Waals surface area contributed by atoms with Crippen molar-refractivity contribution in [3.8, 4) is 0 Å². The lowest BCUT2D eigenvalue weighted by Gasteiger charge is -2.19. The summed E-state index contributed by atoms with van der Waals surface area (Å²) in [5, 5.41) is 5.94. The van der Waals surface area contributed by atoms with E-state index in [1.165, 1.54) is 13.8 Å². The van der Waals surface area contributed by atoms with Gasteiger partial charge in [-0.2, -0.15) is 18.3 Å². The molecule has 0 saturated heterocycles. The minimum atomic E-state index is -5.07. The molecule has 1 aromatic heterocycles. The molecule has 0 aliphatic carbocycles. The summed E-state index contributed by atoms with van der Waals surface area (Å²) in [6, 6.07) is 0. The predicted octanol–water partition coefficient (Wildman–Crippen LogP) is 2.78. The summed E-state index contributed by atoms with van der Waals surface area (Å²) in [5.41, 5.74) is -4.33. The van der Waals surface area contributed by atoms with Crippen molar-refractivity contribution in [2.45, 2.75) is 52.9 Å². The lowest BCUT2D eigenvalue weighted by atomic mass is 10.1. The second-order valence-electron chi connectivity index (χ2n) is 6.66. The number of nitrogens with zero attached hydrogens (tertiary/aromatic N) is 2. The molecule has 1 aromatic rings. The molecule has 0 fully saturated rings. The van der Waals surface area contributed by atoms with Gasteiger partial charge in [0.25, 0.3) is 0 Å². The molecule has 1 heterocycles. The minimum Gasteiger partial charge on any atom is -0.461 e. The van der Waals surface area contributed by atoms with Crippen molar-refractivity contribution in [2.75, 3.05) is 19.8 Å². The van der Waals surface area contributed by atoms with Crippen molar-refractivity contribution in [1.82, 2.24) is 15.1 Å². The zero-order valence-corrected chi connectivity index (χ0v) is 16.8. The molecule has 0 aliphatic heterocycles. The molecule has 0 aliphatic rings. The van der Waals surface area contributed by atoms with E-state index >= 15 is 0 Å². The van der Waals surface area contributed by atoms with Crippen molar-refractivity contribution in [1.29, 1.82) is 0 Å². The minimum absolute atomic E-state index is 0.183. The Bertz CT molecular complexity index is 753. The molecule has 1 rings (SSSR count). The summed E-state index contributed by atoms with van der Waals surface area (Å²) in [6.45, 7) is 6.81. The number of ether oxygens (including phenoxy) is 3. The van der Waals surface area contributed by atoms with E-state index < -0.39 is 46.8 Å². The molecule has 164 valence electrons. The van der Waals surface area contributed by atoms with Gasteiger partial charge in [0.05, 0.1) is 19.8 Å². The van der Waals surface area contributed by atoms with E-state index in [1.54, 1.807) is 20.8 Å². The highest BCUT2D eigenvalue weighted by Gasteiger charge is 2.45. The van der Waals surface area contributed by atoms with Gasteiger partial charge in [0.15, 0.2) is 11.4 Å². The highest BCUT2D eigenvalue weighted by atomic mass is 19.4. The summed E-state index contributed by atoms with van der Waals surface area (Å²) in [5.74, 6) is -2.63. The maximum Gasteiger partial charge on any atom is 0.421 e. The number of esters is 2. The van der Waals surface area contributed by atoms with Gasteiger partial charge >= 0.3 is 24.2 Å². The summed E-state index contributed by atoms with van der Waals surface area (Å²) in [6.07, 6.45) is -5.87. The summed E-state index contributed by atoms with van der Waals surface area (Å²) in [4.78, 5) is 35.8. The number of rotatable bonds is 7. The van der Waals surface area contributed by atoms with E-state index in [2.05, 4.69) is 19.9 Å². The van der Waals surface area contributed by atoms with Crippen molar-refractivity contribution in [3.63, 3.8) is 0 Å². The summed E-state index contributed by atoms with van der Waals surface area (Å²) < 4.78 is 55.8. The first-order valence-electron chi connectivity index (χ1n) is 8.80. The van der Waals surface area contributed by atoms with Crippen LogP contribution in [0.1, 0.15) is 61.2 Å². The molecule has 0 spiro atoms. The first-order chi connectivity index (χ1) is 13.3. The van der Waals surface area contributed by atoms with Crippen LogP contribution >= 0.6 is 0 Å². The average molecular weight is 423 g/mol. The van der Waals surface area contributed by atoms with Gasteiger partial charge in [0.2, 0.25) is 0 Å². The van der Waals surface area contributed by atoms with Crippen LogP contribution in [0.25, 0.3) is 0 Å². The van der Waals surface area contributed by atoms with E-state index in [0.29, 0.717) is 4.68 Å². The van der Waals surface area contributed by atoms with Crippen LogP contribution in [0, 0.1) is 0 Å². The fourth-order valence-electron chi connectivity index (χ4n) is 2.22. The van der Waals surface area contributed by atoms with E-state index in [9.17, 15) is 27.6 Å². The second-order valence-corrected chi connectivity index (χ2v) is 6.66. The van der Waals surface area contributed by atoms with E-state index in [4.69, 9.17) is 4.74 Å². The molecule has 0 aromatic carbocycles. The Balaban J connectivity index is 3.25. The summed E-state index contributed by atoms with van der Waals surface area (Å²) >= 11 is 0. The van der Waals surface area contributed by atoms with Crippen LogP contribution < -0.4 is 5.32 Å². The molecule has 0 radical (unpaired) electrons. The van der Waals surface area contributed by atoms with Gasteiger partial charge in [-0.3, -0.25) is 4.68 Å². The fourth-order valence-corrected chi connectivity index (χ4v) is 2.22. The number of carbonyl (C=O) groups is 3. The Kier molecular flexibility index (Phi) is 8.04. The standard InChI is InChI=1S/C17H24F3N3O6/c1-6-27-13(24)11-10(17(18,19)20)12(14(25)28-7-2)23(22-11)9-8-21-15(26)29-16(3,4)5/h6-9H2,1-5H3,(H,21,26). The van der Waals surface area contributed by atoms with Crippen molar-refractivity contribution >= 4 is 18.0 Å². The van der Waals surface area contributed by atoms with Gasteiger partial charge in [0, 0.05) is 6.54 Å². The number of amides is 1. The number of hydrogen-bond acceptors (Lipinski definition) is 7. The largest absolute Gasteiger partial charge is 0.461 e. The number of aromatic nitrogens is 2. The van der Waals surface area contributed by atoms with Crippen LogP contribution in [0.5, 0.6) is 0 Å². The molecule has 29 heavy (non-hydrogen) atoms. The maximum atomic E-state index is 13.6. The van der Waals surface area contributed by atoms with Gasteiger partial charge in [-0.25, -0.2) is 14.4 Å². The topological polar surface area (TPSA) is 109 Å². The number of alkyl halides is 3. The Morgan fingerprint density at radius 3 is 2.07 bits per heavy atom. The monoisotopic (exact) mass is 423 g/mol. The van der Waals surface area contributed by atoms with Crippen LogP contribution in [-0.4, -0.2) is 53.2 Å². The van der Waals surface area contributed by atoms with Crippen LogP contribution in [-0.2, 0) is 26.9 Å². The van der Waals surface area contributed by atoms with E-state index in [1.807, 2.05) is 0 Å². The van der Waals surface area contributed by atoms with Crippen molar-refractivity contribution < 1.29 is 41.8 Å². The summed E-state index contributed by atoms with van der Waals surface area (Å²) in [7, 11) is 0. The van der Waals surface area contributed by atoms with Crippen molar-refractivity contribution in [3.05, 3.63) is 17.0 Å². The maximum absolute atomic E-state index is 13.6. The second kappa shape index (κ2) is 9.61. The number of alkyl carbamates (subject to hydrolysis) is 1. The zero-order valence-electron chi connectivity index (χ0n) is 16.8. The molecule has 0 unspecified atom stereocenters. The fraction of sp³-hybridized carbons (Fsp3) is 0.647. The molecule has 0 atom stereocenters. The van der Waals surface area contributed by atoms with Crippen molar-refractivity contribution in [2.24, 2.45) is 0 Å². The average Bonchev–Trinajstić information content (AvgIpc) is 2.93. The van der Waals surface area contributed by atoms with Gasteiger partial charge in [0.1, 0.15) is 11.2 Å². The van der Waals surface area contributed by atoms with Crippen LogP contribution in [0.2, 0.25) is 0 Å². The molecule has 0 bridgehead atoms. The Morgan fingerprint density at radius 2 is 1.59 bits per heavy atom. The zero-order chi connectivity index (χ0) is 22.4. The van der Waals surface area contributed by atoms with E-state index in [-0.39, 0.29) is 26.3 Å². The molecule has 9 nitrogen and oxygen atoms in total. The first-order valence-corrected chi connectivity index (χ1v) is 8.80. The molecule has 1 N–H and O–H groups in total. The number of halogens is 3. The lowest BCUT2D eigenvalue weighted by Crippen LogP contribution is -2.34. The SMILES string of the molecule is CCOC(=O)c1nn(CCNC(=O)OC(C)(C)C)c(C(=O)OCC)c1C(F)(F)F. The van der Waals surface area contributed by atoms with Crippen LogP contribution in [0.3, 0.4) is 0 Å². The molecule has 0 saturated carbocycles. The molecule has 12 heteroatoms. The normalized spacial score (nSPS) is 11.7. The number of hydrogen-bond donors (Lipinski definition) is 1. The smallest absolute Gasteiger partial charge is 0.421 e. The van der Waals surface area contributed by atoms with E-state index in [0.717, 1.165) is 0 Å². The van der Waals surface area contributed by atoms with Gasteiger partial charge in [-0.15, -0.1) is 0 Å². The predicted molar refractivity (Wildman–Crippen MR) is 93.4 cm³/mol. The Morgan fingerprint density at radius 1 is 1.03 bits per heavy atom. The highest BCUT2D eigenvalue weighted by molar-refractivity contribution is 5.96. The Labute approximate surface area is 165 Å². The van der Waals surface area contributed by atoms with Gasteiger partial charge < -0.3 is 19.5 Å². The highest BCUT2D eigenvalue weighted by Crippen LogP contribution is 2.35. The lowest BCUT2D eigenvalue weighted by molar-refractivity contribution is -0.138. The van der Waals surface area contributed by atoms with Crippen LogP contribution in [0.15, 0.2) is 0 Å². The third-order valence-corrected chi connectivity index (χ3v) is 3.17. The number of carbonyl (C=O) groups excluding carboxylic acids is 3. The first kappa shape index (κ1) is 24.2. The Hall–Kier alpha value is -2.79. The number of nitrogens with one attached hydrogen (secondary N) is 1. The van der Waals surface area contributed by atoms with Crippen LogP contribution in [0.4, 0.5) is 18.0 Å². The van der Waals surface area contributed by atoms with Gasteiger partial charge in [-0.05, 0) is 34.6 Å². The molecular formula is C17H24F3N3O6.